The van der Waals surface area contributed by atoms with E-state index >= 15 is 0 Å². The first-order valence-corrected chi connectivity index (χ1v) is 6.94. The van der Waals surface area contributed by atoms with Crippen LogP contribution in [0.1, 0.15) is 18.9 Å². The van der Waals surface area contributed by atoms with Gasteiger partial charge in [-0.15, -0.1) is 5.10 Å². The lowest BCUT2D eigenvalue weighted by atomic mass is 10.3. The van der Waals surface area contributed by atoms with Gasteiger partial charge in [-0.1, -0.05) is 5.16 Å². The molecule has 0 radical (unpaired) electrons. The maximum absolute atomic E-state index is 11.1. The van der Waals surface area contributed by atoms with Crippen LogP contribution in [0.5, 0.6) is 0 Å². The van der Waals surface area contributed by atoms with Gasteiger partial charge in [0.25, 0.3) is 0 Å². The summed E-state index contributed by atoms with van der Waals surface area (Å²) in [7, 11) is -3.33. The van der Waals surface area contributed by atoms with Crippen LogP contribution in [0.4, 0.5) is 0 Å². The Morgan fingerprint density at radius 2 is 2.22 bits per heavy atom. The second-order valence-electron chi connectivity index (χ2n) is 3.68. The largest absolute Gasteiger partial charge is 0.337 e. The second-order valence-corrected chi connectivity index (χ2v) is 5.46. The van der Waals surface area contributed by atoms with Gasteiger partial charge in [0.1, 0.15) is 5.69 Å². The van der Waals surface area contributed by atoms with Crippen LogP contribution >= 0.6 is 0 Å². The minimum absolute atomic E-state index is 0.168. The highest BCUT2D eigenvalue weighted by molar-refractivity contribution is 7.88. The molecule has 0 aliphatic rings. The van der Waals surface area contributed by atoms with Crippen LogP contribution in [0.25, 0.3) is 11.5 Å². The molecule has 1 atom stereocenters. The van der Waals surface area contributed by atoms with Crippen LogP contribution in [-0.2, 0) is 10.0 Å². The maximum Gasteiger partial charge on any atom is 0.244 e. The van der Waals surface area contributed by atoms with Crippen molar-refractivity contribution in [2.45, 2.75) is 13.0 Å². The van der Waals surface area contributed by atoms with Gasteiger partial charge in [-0.05, 0) is 19.1 Å². The zero-order chi connectivity index (χ0) is 13.2. The van der Waals surface area contributed by atoms with Crippen molar-refractivity contribution < 1.29 is 12.9 Å². The molecular formula is C9H11N5O3S. The van der Waals surface area contributed by atoms with E-state index in [0.29, 0.717) is 5.69 Å². The zero-order valence-electron chi connectivity index (χ0n) is 9.73. The molecule has 0 fully saturated rings. The van der Waals surface area contributed by atoms with E-state index in [4.69, 9.17) is 4.52 Å². The van der Waals surface area contributed by atoms with Gasteiger partial charge in [-0.3, -0.25) is 0 Å². The van der Waals surface area contributed by atoms with Crippen molar-refractivity contribution in [3.63, 3.8) is 0 Å². The summed E-state index contributed by atoms with van der Waals surface area (Å²) in [4.78, 5) is 4.06. The fraction of sp³-hybridized carbons (Fsp3) is 0.333. The lowest BCUT2D eigenvalue weighted by Crippen LogP contribution is -2.25. The summed E-state index contributed by atoms with van der Waals surface area (Å²) in [5.41, 5.74) is 0.457. The van der Waals surface area contributed by atoms with Gasteiger partial charge in [0.05, 0.1) is 12.3 Å². The molecule has 2 aromatic rings. The molecule has 18 heavy (non-hydrogen) atoms. The summed E-state index contributed by atoms with van der Waals surface area (Å²) < 4.78 is 29.4. The first-order valence-electron chi connectivity index (χ1n) is 5.05. The Labute approximate surface area is 103 Å². The molecule has 0 saturated carbocycles. The van der Waals surface area contributed by atoms with Crippen LogP contribution in [0, 0.1) is 0 Å². The topological polar surface area (TPSA) is 111 Å². The number of sulfonamides is 1. The monoisotopic (exact) mass is 269 g/mol. The quantitative estimate of drug-likeness (QED) is 0.840. The predicted molar refractivity (Wildman–Crippen MR) is 61.7 cm³/mol. The zero-order valence-corrected chi connectivity index (χ0v) is 10.5. The van der Waals surface area contributed by atoms with Crippen molar-refractivity contribution in [3.05, 3.63) is 24.2 Å². The second kappa shape index (κ2) is 4.78. The standard InChI is InChI=1S/C9H11N5O3S/c1-6(14-18(2,15)16)9-11-8(13-17-9)7-4-3-5-10-12-7/h3-6,14H,1-2H3/t6-/m1/s1. The van der Waals surface area contributed by atoms with E-state index in [1.165, 1.54) is 6.20 Å². The lowest BCUT2D eigenvalue weighted by Gasteiger charge is -2.05. The third kappa shape index (κ3) is 3.08. The Hall–Kier alpha value is -1.87. The van der Waals surface area contributed by atoms with Crippen molar-refractivity contribution >= 4 is 10.0 Å². The van der Waals surface area contributed by atoms with Gasteiger partial charge in [0.2, 0.25) is 21.7 Å². The third-order valence-electron chi connectivity index (χ3n) is 2.00. The number of aromatic nitrogens is 4. The summed E-state index contributed by atoms with van der Waals surface area (Å²) in [6, 6.07) is 2.77. The van der Waals surface area contributed by atoms with Gasteiger partial charge < -0.3 is 4.52 Å². The molecule has 0 aliphatic heterocycles. The van der Waals surface area contributed by atoms with Crippen molar-refractivity contribution in [1.82, 2.24) is 25.1 Å². The Kier molecular flexibility index (Phi) is 3.34. The molecule has 0 bridgehead atoms. The van der Waals surface area contributed by atoms with Crippen molar-refractivity contribution in [2.24, 2.45) is 0 Å². The molecule has 0 unspecified atom stereocenters. The van der Waals surface area contributed by atoms with E-state index in [1.807, 2.05) is 0 Å². The smallest absolute Gasteiger partial charge is 0.244 e. The van der Waals surface area contributed by atoms with E-state index in [2.05, 4.69) is 25.1 Å². The molecule has 0 saturated heterocycles. The highest BCUT2D eigenvalue weighted by atomic mass is 32.2. The predicted octanol–water partition coefficient (Wildman–Crippen LogP) is 0.137. The van der Waals surface area contributed by atoms with Crippen molar-refractivity contribution in [2.75, 3.05) is 6.26 Å². The van der Waals surface area contributed by atoms with Gasteiger partial charge in [-0.25, -0.2) is 13.1 Å². The highest BCUT2D eigenvalue weighted by Crippen LogP contribution is 2.16. The molecule has 0 aliphatic carbocycles. The van der Waals surface area contributed by atoms with Crippen molar-refractivity contribution in [3.8, 4) is 11.5 Å². The Balaban J connectivity index is 2.21. The first kappa shape index (κ1) is 12.6. The minimum Gasteiger partial charge on any atom is -0.337 e. The molecule has 2 heterocycles. The number of rotatable bonds is 4. The number of nitrogens with zero attached hydrogens (tertiary/aromatic N) is 4. The van der Waals surface area contributed by atoms with Gasteiger partial charge in [0, 0.05) is 6.20 Å². The van der Waals surface area contributed by atoms with E-state index < -0.39 is 16.1 Å². The summed E-state index contributed by atoms with van der Waals surface area (Å²) >= 11 is 0. The summed E-state index contributed by atoms with van der Waals surface area (Å²) in [6.45, 7) is 1.61. The first-order chi connectivity index (χ1) is 8.46. The van der Waals surface area contributed by atoms with Crippen LogP contribution < -0.4 is 4.72 Å². The third-order valence-corrected chi connectivity index (χ3v) is 2.79. The molecule has 1 N–H and O–H groups in total. The van der Waals surface area contributed by atoms with E-state index in [1.54, 1.807) is 19.1 Å². The average Bonchev–Trinajstić information content (AvgIpc) is 2.77. The fourth-order valence-electron chi connectivity index (χ4n) is 1.31. The van der Waals surface area contributed by atoms with Gasteiger partial charge >= 0.3 is 0 Å². The van der Waals surface area contributed by atoms with E-state index in [0.717, 1.165) is 6.26 Å². The van der Waals surface area contributed by atoms with Crippen LogP contribution in [0.2, 0.25) is 0 Å². The highest BCUT2D eigenvalue weighted by Gasteiger charge is 2.18. The molecule has 96 valence electrons. The summed E-state index contributed by atoms with van der Waals surface area (Å²) in [5.74, 6) is 0.432. The SMILES string of the molecule is C[C@@H](NS(C)(=O)=O)c1nc(-c2cccnn2)no1. The van der Waals surface area contributed by atoms with Crippen molar-refractivity contribution in [1.29, 1.82) is 0 Å². The molecule has 0 aromatic carbocycles. The van der Waals surface area contributed by atoms with Gasteiger partial charge in [-0.2, -0.15) is 10.1 Å². The molecule has 2 aromatic heterocycles. The Bertz CT molecular complexity index is 625. The average molecular weight is 269 g/mol. The fourth-order valence-corrected chi connectivity index (χ4v) is 2.05. The lowest BCUT2D eigenvalue weighted by molar-refractivity contribution is 0.354. The van der Waals surface area contributed by atoms with Crippen LogP contribution in [0.15, 0.2) is 22.9 Å². The summed E-state index contributed by atoms with van der Waals surface area (Å²) in [6.07, 6.45) is 2.59. The molecule has 8 nitrogen and oxygen atoms in total. The molecule has 9 heteroatoms. The van der Waals surface area contributed by atoms with Crippen LogP contribution in [-0.4, -0.2) is 35.0 Å². The maximum atomic E-state index is 11.1. The Morgan fingerprint density at radius 1 is 1.44 bits per heavy atom. The van der Waals surface area contributed by atoms with Gasteiger partial charge in [0.15, 0.2) is 0 Å². The molecule has 2 rings (SSSR count). The molecular weight excluding hydrogens is 258 g/mol. The minimum atomic E-state index is -3.33. The van der Waals surface area contributed by atoms with E-state index in [-0.39, 0.29) is 11.7 Å². The van der Waals surface area contributed by atoms with E-state index in [9.17, 15) is 8.42 Å². The van der Waals surface area contributed by atoms with Crippen LogP contribution in [0.3, 0.4) is 0 Å². The number of nitrogens with one attached hydrogen (secondary N) is 1. The normalized spacial score (nSPS) is 13.4. The number of hydrogen-bond acceptors (Lipinski definition) is 7. The molecule has 0 spiro atoms. The number of hydrogen-bond donors (Lipinski definition) is 1. The summed E-state index contributed by atoms with van der Waals surface area (Å²) in [5, 5.41) is 11.2. The molecule has 0 amide bonds. The Morgan fingerprint density at radius 3 is 2.83 bits per heavy atom.